The van der Waals surface area contributed by atoms with Gasteiger partial charge in [-0.1, -0.05) is 30.4 Å². The molecule has 1 unspecified atom stereocenters. The Labute approximate surface area is 136 Å². The highest BCUT2D eigenvalue weighted by Crippen LogP contribution is 2.26. The van der Waals surface area contributed by atoms with Gasteiger partial charge in [0.15, 0.2) is 5.66 Å². The van der Waals surface area contributed by atoms with Crippen LogP contribution in [0, 0.1) is 0 Å². The van der Waals surface area contributed by atoms with E-state index < -0.39 is 5.66 Å². The summed E-state index contributed by atoms with van der Waals surface area (Å²) in [5.74, 6) is 0. The maximum Gasteiger partial charge on any atom is 0.152 e. The highest BCUT2D eigenvalue weighted by Gasteiger charge is 2.25. The molecule has 0 amide bonds. The fourth-order valence-corrected chi connectivity index (χ4v) is 2.54. The summed E-state index contributed by atoms with van der Waals surface area (Å²) in [6.45, 7) is 0. The second-order valence-electron chi connectivity index (χ2n) is 5.55. The van der Waals surface area contributed by atoms with Crippen molar-refractivity contribution in [3.05, 3.63) is 72.3 Å². The van der Waals surface area contributed by atoms with Crippen molar-refractivity contribution in [3.63, 3.8) is 0 Å². The van der Waals surface area contributed by atoms with Crippen LogP contribution in [0.2, 0.25) is 0 Å². The molecule has 116 valence electrons. The standard InChI is InChI=1S/C19H20N4/c20-16-9-10-18(21)15(14-16)6-4-11-19(12-5-13-22-19)23-17-7-2-1-3-8-17/h1-10,12-14,23H,11,20-21H2. The molecule has 0 radical (unpaired) electrons. The predicted octanol–water partition coefficient (Wildman–Crippen LogP) is 3.70. The Morgan fingerprint density at radius 3 is 2.65 bits per heavy atom. The molecule has 2 aromatic carbocycles. The van der Waals surface area contributed by atoms with Crippen LogP contribution in [0.15, 0.2) is 71.8 Å². The van der Waals surface area contributed by atoms with Crippen molar-refractivity contribution in [3.8, 4) is 0 Å². The summed E-state index contributed by atoms with van der Waals surface area (Å²) in [6.07, 6.45) is 10.6. The highest BCUT2D eigenvalue weighted by atomic mass is 15.1. The number of nitrogen functional groups attached to an aromatic ring is 2. The zero-order chi connectivity index (χ0) is 16.1. The number of rotatable bonds is 5. The second-order valence-corrected chi connectivity index (χ2v) is 5.55. The minimum absolute atomic E-state index is 0.451. The molecule has 4 heteroatoms. The summed E-state index contributed by atoms with van der Waals surface area (Å²) >= 11 is 0. The normalized spacial score (nSPS) is 19.5. The van der Waals surface area contributed by atoms with E-state index in [2.05, 4.69) is 22.5 Å². The van der Waals surface area contributed by atoms with E-state index in [4.69, 9.17) is 11.5 Å². The summed E-state index contributed by atoms with van der Waals surface area (Å²) < 4.78 is 0. The molecule has 3 rings (SSSR count). The molecule has 0 saturated heterocycles. The van der Waals surface area contributed by atoms with Crippen molar-refractivity contribution in [1.29, 1.82) is 0 Å². The minimum atomic E-state index is -0.451. The van der Waals surface area contributed by atoms with E-state index in [0.29, 0.717) is 17.8 Å². The van der Waals surface area contributed by atoms with Crippen molar-refractivity contribution < 1.29 is 0 Å². The fraction of sp³-hybridized carbons (Fsp3) is 0.105. The Morgan fingerprint density at radius 1 is 1.09 bits per heavy atom. The predicted molar refractivity (Wildman–Crippen MR) is 99.3 cm³/mol. The van der Waals surface area contributed by atoms with Crippen LogP contribution in [0.1, 0.15) is 12.0 Å². The van der Waals surface area contributed by atoms with Crippen molar-refractivity contribution >= 4 is 29.4 Å². The van der Waals surface area contributed by atoms with Crippen LogP contribution < -0.4 is 16.8 Å². The lowest BCUT2D eigenvalue weighted by Crippen LogP contribution is -2.31. The van der Waals surface area contributed by atoms with Gasteiger partial charge in [-0.05, 0) is 48.0 Å². The molecule has 1 aliphatic heterocycles. The van der Waals surface area contributed by atoms with E-state index in [1.165, 1.54) is 0 Å². The third kappa shape index (κ3) is 3.61. The van der Waals surface area contributed by atoms with Gasteiger partial charge in [0, 0.05) is 29.7 Å². The SMILES string of the molecule is Nc1ccc(N)c(C=CCC2(Nc3ccccc3)C=CC=N2)c1. The van der Waals surface area contributed by atoms with E-state index in [-0.39, 0.29) is 0 Å². The molecule has 1 aliphatic rings. The number of hydrogen-bond acceptors (Lipinski definition) is 4. The first-order valence-corrected chi connectivity index (χ1v) is 7.55. The molecule has 0 bridgehead atoms. The first-order chi connectivity index (χ1) is 11.2. The molecule has 0 spiro atoms. The molecular weight excluding hydrogens is 284 g/mol. The topological polar surface area (TPSA) is 76.4 Å². The van der Waals surface area contributed by atoms with Gasteiger partial charge in [0.05, 0.1) is 0 Å². The van der Waals surface area contributed by atoms with Crippen LogP contribution in [-0.4, -0.2) is 11.9 Å². The summed E-state index contributed by atoms with van der Waals surface area (Å²) in [4.78, 5) is 4.58. The lowest BCUT2D eigenvalue weighted by atomic mass is 10.0. The van der Waals surface area contributed by atoms with E-state index in [1.54, 1.807) is 6.07 Å². The Kier molecular flexibility index (Phi) is 4.15. The highest BCUT2D eigenvalue weighted by molar-refractivity contribution is 5.76. The smallest absolute Gasteiger partial charge is 0.152 e. The monoisotopic (exact) mass is 304 g/mol. The van der Waals surface area contributed by atoms with Crippen LogP contribution in [0.4, 0.5) is 17.1 Å². The number of anilines is 3. The molecule has 0 saturated carbocycles. The number of allylic oxidation sites excluding steroid dienone is 1. The zero-order valence-corrected chi connectivity index (χ0v) is 12.8. The Balaban J connectivity index is 1.76. The van der Waals surface area contributed by atoms with Gasteiger partial charge in [0.25, 0.3) is 0 Å². The Hall–Kier alpha value is -3.01. The van der Waals surface area contributed by atoms with Gasteiger partial charge < -0.3 is 16.8 Å². The number of aliphatic imine (C=N–C) groups is 1. The van der Waals surface area contributed by atoms with Gasteiger partial charge in [-0.3, -0.25) is 4.99 Å². The lowest BCUT2D eigenvalue weighted by molar-refractivity contribution is 0.628. The molecule has 5 N–H and O–H groups in total. The maximum absolute atomic E-state index is 5.97. The zero-order valence-electron chi connectivity index (χ0n) is 12.8. The summed E-state index contributed by atoms with van der Waals surface area (Å²) in [7, 11) is 0. The number of para-hydroxylation sites is 1. The first kappa shape index (κ1) is 14.9. The van der Waals surface area contributed by atoms with Gasteiger partial charge in [-0.15, -0.1) is 0 Å². The summed E-state index contributed by atoms with van der Waals surface area (Å²) in [5, 5.41) is 3.47. The second kappa shape index (κ2) is 6.40. The van der Waals surface area contributed by atoms with E-state index in [1.807, 2.05) is 60.8 Å². The number of nitrogens with one attached hydrogen (secondary N) is 1. The summed E-state index contributed by atoms with van der Waals surface area (Å²) in [6, 6.07) is 15.6. The van der Waals surface area contributed by atoms with Gasteiger partial charge in [0.2, 0.25) is 0 Å². The molecule has 1 heterocycles. The maximum atomic E-state index is 5.97. The number of nitrogens with zero attached hydrogens (tertiary/aromatic N) is 1. The fourth-order valence-electron chi connectivity index (χ4n) is 2.54. The van der Waals surface area contributed by atoms with E-state index >= 15 is 0 Å². The van der Waals surface area contributed by atoms with Crippen molar-refractivity contribution in [2.45, 2.75) is 12.1 Å². The lowest BCUT2D eigenvalue weighted by Gasteiger charge is -2.25. The first-order valence-electron chi connectivity index (χ1n) is 7.55. The third-order valence-electron chi connectivity index (χ3n) is 3.73. The Bertz CT molecular complexity index is 748. The van der Waals surface area contributed by atoms with Crippen molar-refractivity contribution in [1.82, 2.24) is 0 Å². The molecule has 0 fully saturated rings. The molecule has 1 atom stereocenters. The van der Waals surface area contributed by atoms with E-state index in [9.17, 15) is 0 Å². The molecule has 0 aliphatic carbocycles. The molecular formula is C19H20N4. The molecule has 4 nitrogen and oxygen atoms in total. The van der Waals surface area contributed by atoms with Gasteiger partial charge in [-0.2, -0.15) is 0 Å². The number of nitrogens with two attached hydrogens (primary N) is 2. The Morgan fingerprint density at radius 2 is 1.91 bits per heavy atom. The molecule has 0 aromatic heterocycles. The third-order valence-corrected chi connectivity index (χ3v) is 3.73. The van der Waals surface area contributed by atoms with Crippen LogP contribution in [0.3, 0.4) is 0 Å². The molecule has 2 aromatic rings. The van der Waals surface area contributed by atoms with Gasteiger partial charge in [0.1, 0.15) is 0 Å². The number of hydrogen-bond donors (Lipinski definition) is 3. The van der Waals surface area contributed by atoms with Gasteiger partial charge >= 0.3 is 0 Å². The minimum Gasteiger partial charge on any atom is -0.399 e. The van der Waals surface area contributed by atoms with Crippen molar-refractivity contribution in [2.75, 3.05) is 16.8 Å². The van der Waals surface area contributed by atoms with Crippen LogP contribution in [-0.2, 0) is 0 Å². The summed E-state index contributed by atoms with van der Waals surface area (Å²) in [5.41, 5.74) is 14.7. The van der Waals surface area contributed by atoms with E-state index in [0.717, 1.165) is 11.3 Å². The van der Waals surface area contributed by atoms with Crippen LogP contribution >= 0.6 is 0 Å². The number of benzene rings is 2. The molecule has 23 heavy (non-hydrogen) atoms. The van der Waals surface area contributed by atoms with Gasteiger partial charge in [-0.25, -0.2) is 0 Å². The van der Waals surface area contributed by atoms with Crippen LogP contribution in [0.25, 0.3) is 6.08 Å². The largest absolute Gasteiger partial charge is 0.399 e. The average molecular weight is 304 g/mol. The van der Waals surface area contributed by atoms with Crippen molar-refractivity contribution in [2.24, 2.45) is 4.99 Å². The average Bonchev–Trinajstić information content (AvgIpc) is 3.00. The van der Waals surface area contributed by atoms with Crippen LogP contribution in [0.5, 0.6) is 0 Å². The quantitative estimate of drug-likeness (QED) is 0.737.